The Balaban J connectivity index is 2.06. The highest BCUT2D eigenvalue weighted by Crippen LogP contribution is 2.52. The van der Waals surface area contributed by atoms with E-state index in [2.05, 4.69) is 24.9 Å². The lowest BCUT2D eigenvalue weighted by atomic mass is 9.66. The summed E-state index contributed by atoms with van der Waals surface area (Å²) in [7, 11) is 2.29. The van der Waals surface area contributed by atoms with Gasteiger partial charge in [0.1, 0.15) is 5.75 Å². The minimum absolute atomic E-state index is 0.283. The molecule has 2 fully saturated rings. The number of hydrogen-bond acceptors (Lipinski definition) is 2. The fourth-order valence-electron chi connectivity index (χ4n) is 4.52. The maximum atomic E-state index is 9.78. The van der Waals surface area contributed by atoms with Crippen molar-refractivity contribution in [3.8, 4) is 5.75 Å². The summed E-state index contributed by atoms with van der Waals surface area (Å²) in [6.45, 7) is 2.30. The zero-order chi connectivity index (χ0) is 12.8. The molecule has 3 rings (SSSR count). The van der Waals surface area contributed by atoms with Crippen LogP contribution >= 0.6 is 0 Å². The number of phenols is 1. The first kappa shape index (κ1) is 12.0. The second-order valence-electron chi connectivity index (χ2n) is 6.05. The van der Waals surface area contributed by atoms with Crippen molar-refractivity contribution in [3.63, 3.8) is 0 Å². The number of aromatic hydroxyl groups is 1. The van der Waals surface area contributed by atoms with Crippen LogP contribution in [0, 0.1) is 0 Å². The molecule has 3 unspecified atom stereocenters. The van der Waals surface area contributed by atoms with Crippen LogP contribution in [0.2, 0.25) is 0 Å². The van der Waals surface area contributed by atoms with Crippen LogP contribution in [0.4, 0.5) is 0 Å². The van der Waals surface area contributed by atoms with Gasteiger partial charge in [0.05, 0.1) is 0 Å². The van der Waals surface area contributed by atoms with Crippen molar-refractivity contribution in [1.82, 2.24) is 4.90 Å². The molecule has 0 radical (unpaired) electrons. The third-order valence-electron chi connectivity index (χ3n) is 5.27. The molecular formula is C16H23NO. The fourth-order valence-corrected chi connectivity index (χ4v) is 4.52. The minimum atomic E-state index is 0.283. The standard InChI is InChI=1S/C16H23NO/c1-3-15-16(12-6-4-8-14(18)10-12)9-5-7-13(11-16)17(15)2/h4,6,8,10,13,15,18H,3,5,7,9,11H2,1-2H3. The van der Waals surface area contributed by atoms with Gasteiger partial charge in [-0.15, -0.1) is 0 Å². The normalized spacial score (nSPS) is 35.9. The third kappa shape index (κ3) is 1.58. The predicted octanol–water partition coefficient (Wildman–Crippen LogP) is 3.30. The average molecular weight is 245 g/mol. The minimum Gasteiger partial charge on any atom is -0.508 e. The number of nitrogens with zero attached hydrogens (tertiary/aromatic N) is 1. The molecule has 1 aromatic carbocycles. The van der Waals surface area contributed by atoms with Crippen LogP contribution in [0.25, 0.3) is 0 Å². The molecule has 1 aliphatic carbocycles. The van der Waals surface area contributed by atoms with Gasteiger partial charge >= 0.3 is 0 Å². The van der Waals surface area contributed by atoms with Crippen molar-refractivity contribution in [1.29, 1.82) is 0 Å². The van der Waals surface area contributed by atoms with Gasteiger partial charge in [-0.1, -0.05) is 25.5 Å². The van der Waals surface area contributed by atoms with Gasteiger partial charge in [0.2, 0.25) is 0 Å². The molecule has 2 heteroatoms. The van der Waals surface area contributed by atoms with E-state index in [1.165, 1.54) is 37.7 Å². The maximum absolute atomic E-state index is 9.78. The Morgan fingerprint density at radius 1 is 1.44 bits per heavy atom. The summed E-state index contributed by atoms with van der Waals surface area (Å²) in [4.78, 5) is 2.59. The molecule has 0 amide bonds. The van der Waals surface area contributed by atoms with E-state index in [0.29, 0.717) is 11.8 Å². The van der Waals surface area contributed by atoms with E-state index >= 15 is 0 Å². The zero-order valence-corrected chi connectivity index (χ0v) is 11.4. The number of phenolic OH excluding ortho intramolecular Hbond substituents is 1. The van der Waals surface area contributed by atoms with Crippen LogP contribution < -0.4 is 0 Å². The number of likely N-dealkylation sites (tertiary alicyclic amines) is 1. The molecule has 1 saturated heterocycles. The molecule has 2 nitrogen and oxygen atoms in total. The molecule has 0 spiro atoms. The smallest absolute Gasteiger partial charge is 0.115 e. The molecule has 1 N–H and O–H groups in total. The van der Waals surface area contributed by atoms with Crippen LogP contribution in [-0.4, -0.2) is 29.1 Å². The summed E-state index contributed by atoms with van der Waals surface area (Å²) in [5.74, 6) is 0.411. The van der Waals surface area contributed by atoms with Crippen LogP contribution in [0.1, 0.15) is 44.6 Å². The van der Waals surface area contributed by atoms with E-state index < -0.39 is 0 Å². The van der Waals surface area contributed by atoms with Gasteiger partial charge in [0.15, 0.2) is 0 Å². The Labute approximate surface area is 110 Å². The first-order valence-corrected chi connectivity index (χ1v) is 7.19. The lowest BCUT2D eigenvalue weighted by Crippen LogP contribution is -2.40. The summed E-state index contributed by atoms with van der Waals surface area (Å²) in [5, 5.41) is 9.78. The highest BCUT2D eigenvalue weighted by Gasteiger charge is 2.52. The molecule has 1 aromatic rings. The van der Waals surface area contributed by atoms with Crippen molar-refractivity contribution < 1.29 is 5.11 Å². The lowest BCUT2D eigenvalue weighted by molar-refractivity contribution is 0.217. The van der Waals surface area contributed by atoms with E-state index in [-0.39, 0.29) is 5.41 Å². The van der Waals surface area contributed by atoms with Crippen molar-refractivity contribution in [3.05, 3.63) is 29.8 Å². The fraction of sp³-hybridized carbons (Fsp3) is 0.625. The summed E-state index contributed by atoms with van der Waals surface area (Å²) in [6.07, 6.45) is 6.40. The number of hydrogen-bond donors (Lipinski definition) is 1. The highest BCUT2D eigenvalue weighted by atomic mass is 16.3. The van der Waals surface area contributed by atoms with Gasteiger partial charge in [-0.2, -0.15) is 0 Å². The Bertz CT molecular complexity index is 444. The number of fused-ring (bicyclic) bond motifs is 2. The SMILES string of the molecule is CCC1N(C)C2CCCC1(c1cccc(O)c1)C2. The Morgan fingerprint density at radius 3 is 3.00 bits per heavy atom. The van der Waals surface area contributed by atoms with Crippen LogP contribution in [0.3, 0.4) is 0 Å². The maximum Gasteiger partial charge on any atom is 0.115 e. The van der Waals surface area contributed by atoms with Crippen LogP contribution in [0.5, 0.6) is 5.75 Å². The Hall–Kier alpha value is -1.02. The monoisotopic (exact) mass is 245 g/mol. The van der Waals surface area contributed by atoms with E-state index in [0.717, 1.165) is 6.04 Å². The summed E-state index contributed by atoms with van der Waals surface area (Å²) in [5.41, 5.74) is 1.63. The van der Waals surface area contributed by atoms with Crippen molar-refractivity contribution in [2.45, 2.75) is 56.5 Å². The molecule has 1 saturated carbocycles. The topological polar surface area (TPSA) is 23.5 Å². The number of benzene rings is 1. The van der Waals surface area contributed by atoms with Crippen molar-refractivity contribution in [2.75, 3.05) is 7.05 Å². The molecule has 0 aromatic heterocycles. The van der Waals surface area contributed by atoms with Crippen molar-refractivity contribution >= 4 is 0 Å². The molecule has 98 valence electrons. The van der Waals surface area contributed by atoms with E-state index in [9.17, 15) is 5.11 Å². The first-order valence-electron chi connectivity index (χ1n) is 7.19. The zero-order valence-electron chi connectivity index (χ0n) is 11.4. The van der Waals surface area contributed by atoms with Crippen LogP contribution in [0.15, 0.2) is 24.3 Å². The molecule has 18 heavy (non-hydrogen) atoms. The van der Waals surface area contributed by atoms with Crippen molar-refractivity contribution in [2.24, 2.45) is 0 Å². The highest BCUT2D eigenvalue weighted by molar-refractivity contribution is 5.37. The molecular weight excluding hydrogens is 222 g/mol. The molecule has 2 bridgehead atoms. The van der Waals surface area contributed by atoms with Gasteiger partial charge in [0, 0.05) is 17.5 Å². The second kappa shape index (κ2) is 4.27. The number of rotatable bonds is 2. The quantitative estimate of drug-likeness (QED) is 0.864. The van der Waals surface area contributed by atoms with E-state index in [4.69, 9.17) is 0 Å². The molecule has 3 atom stereocenters. The Kier molecular flexibility index (Phi) is 2.86. The van der Waals surface area contributed by atoms with Gasteiger partial charge in [0.25, 0.3) is 0 Å². The molecule has 2 aliphatic rings. The number of likely N-dealkylation sites (N-methyl/N-ethyl adjacent to an activating group) is 1. The third-order valence-corrected chi connectivity index (χ3v) is 5.27. The summed E-state index contributed by atoms with van der Waals surface area (Å²) in [6, 6.07) is 9.35. The molecule has 1 aliphatic heterocycles. The average Bonchev–Trinajstić information content (AvgIpc) is 2.58. The summed E-state index contributed by atoms with van der Waals surface area (Å²) >= 11 is 0. The van der Waals surface area contributed by atoms with E-state index in [1.54, 1.807) is 6.07 Å². The van der Waals surface area contributed by atoms with Crippen LogP contribution in [-0.2, 0) is 5.41 Å². The summed E-state index contributed by atoms with van der Waals surface area (Å²) < 4.78 is 0. The largest absolute Gasteiger partial charge is 0.508 e. The first-order chi connectivity index (χ1) is 8.67. The second-order valence-corrected chi connectivity index (χ2v) is 6.05. The Morgan fingerprint density at radius 2 is 2.28 bits per heavy atom. The van der Waals surface area contributed by atoms with E-state index in [1.807, 2.05) is 12.1 Å². The molecule has 1 heterocycles. The van der Waals surface area contributed by atoms with Gasteiger partial charge in [-0.05, 0) is 50.4 Å². The van der Waals surface area contributed by atoms with Gasteiger partial charge in [-0.25, -0.2) is 0 Å². The lowest BCUT2D eigenvalue weighted by Gasteiger charge is -2.37. The predicted molar refractivity (Wildman–Crippen MR) is 73.9 cm³/mol. The van der Waals surface area contributed by atoms with Gasteiger partial charge < -0.3 is 5.11 Å². The van der Waals surface area contributed by atoms with Gasteiger partial charge in [-0.3, -0.25) is 4.90 Å².